The lowest BCUT2D eigenvalue weighted by atomic mass is 9.95. The van der Waals surface area contributed by atoms with E-state index in [-0.39, 0.29) is 17.9 Å². The minimum absolute atomic E-state index is 0.0546. The maximum absolute atomic E-state index is 13.8. The van der Waals surface area contributed by atoms with Crippen molar-refractivity contribution in [1.29, 1.82) is 0 Å². The second kappa shape index (κ2) is 8.63. The van der Waals surface area contributed by atoms with Gasteiger partial charge in [-0.25, -0.2) is 13.4 Å². The molecule has 0 spiro atoms. The van der Waals surface area contributed by atoms with Gasteiger partial charge in [0.2, 0.25) is 15.9 Å². The van der Waals surface area contributed by atoms with E-state index in [2.05, 4.69) is 10.3 Å². The van der Waals surface area contributed by atoms with Crippen LogP contribution in [0.25, 0.3) is 10.2 Å². The highest BCUT2D eigenvalue weighted by Gasteiger charge is 2.40. The minimum Gasteiger partial charge on any atom is -0.486 e. The van der Waals surface area contributed by atoms with Gasteiger partial charge in [0, 0.05) is 12.6 Å². The molecule has 3 heterocycles. The van der Waals surface area contributed by atoms with Gasteiger partial charge in [0.15, 0.2) is 16.6 Å². The second-order valence-electron chi connectivity index (χ2n) is 8.32. The summed E-state index contributed by atoms with van der Waals surface area (Å²) in [5, 5.41) is 3.29. The number of nitrogens with zero attached hydrogens (tertiary/aromatic N) is 2. The first-order chi connectivity index (χ1) is 17.0. The summed E-state index contributed by atoms with van der Waals surface area (Å²) < 4.78 is 41.0. The van der Waals surface area contributed by atoms with Crippen LogP contribution in [0.3, 0.4) is 0 Å². The zero-order valence-corrected chi connectivity index (χ0v) is 20.1. The number of amides is 1. The summed E-state index contributed by atoms with van der Waals surface area (Å²) in [5.74, 6) is 0.467. The Hall–Kier alpha value is -3.47. The molecule has 2 aliphatic rings. The molecule has 0 bridgehead atoms. The number of sulfonamides is 1. The van der Waals surface area contributed by atoms with E-state index in [1.54, 1.807) is 6.07 Å². The number of hydrogen-bond donors (Lipinski definition) is 1. The molecule has 3 aromatic carbocycles. The molecule has 0 aliphatic carbocycles. The van der Waals surface area contributed by atoms with Crippen LogP contribution in [-0.2, 0) is 27.8 Å². The highest BCUT2D eigenvalue weighted by molar-refractivity contribution is 7.89. The van der Waals surface area contributed by atoms with E-state index in [0.29, 0.717) is 29.8 Å². The number of carbonyl (C=O) groups is 1. The molecule has 0 radical (unpaired) electrons. The number of fused-ring (bicyclic) bond motifs is 3. The molecule has 35 heavy (non-hydrogen) atoms. The van der Waals surface area contributed by atoms with Crippen molar-refractivity contribution in [3.8, 4) is 11.5 Å². The van der Waals surface area contributed by atoms with Crippen LogP contribution in [-0.4, -0.2) is 42.9 Å². The Kier molecular flexibility index (Phi) is 5.43. The molecule has 1 aromatic heterocycles. The van der Waals surface area contributed by atoms with Crippen molar-refractivity contribution in [2.24, 2.45) is 0 Å². The zero-order valence-electron chi connectivity index (χ0n) is 18.5. The van der Waals surface area contributed by atoms with Crippen LogP contribution in [0, 0.1) is 0 Å². The van der Waals surface area contributed by atoms with Gasteiger partial charge >= 0.3 is 0 Å². The molecular weight excluding hydrogens is 486 g/mol. The monoisotopic (exact) mass is 507 g/mol. The number of para-hydroxylation sites is 1. The lowest BCUT2D eigenvalue weighted by molar-refractivity contribution is -0.120. The maximum atomic E-state index is 13.8. The number of ether oxygens (including phenoxy) is 2. The highest BCUT2D eigenvalue weighted by atomic mass is 32.2. The molecule has 1 atom stereocenters. The number of hydrogen-bond acceptors (Lipinski definition) is 7. The quantitative estimate of drug-likeness (QED) is 0.451. The fourth-order valence-electron chi connectivity index (χ4n) is 4.41. The highest BCUT2D eigenvalue weighted by Crippen LogP contribution is 2.36. The van der Waals surface area contributed by atoms with Gasteiger partial charge in [0.25, 0.3) is 0 Å². The first-order valence-electron chi connectivity index (χ1n) is 11.1. The van der Waals surface area contributed by atoms with Crippen LogP contribution in [0.5, 0.6) is 11.5 Å². The molecule has 1 amide bonds. The largest absolute Gasteiger partial charge is 0.486 e. The molecular formula is C25H21N3O5S2. The lowest BCUT2D eigenvalue weighted by Gasteiger charge is -2.35. The number of benzene rings is 3. The maximum Gasteiger partial charge on any atom is 0.244 e. The van der Waals surface area contributed by atoms with Crippen molar-refractivity contribution < 1.29 is 22.7 Å². The molecule has 10 heteroatoms. The standard InChI is InChI=1S/C25H21N3O5S2/c29-24(27-25-26-19-7-3-4-8-23(19)34-25)20-13-16-5-1-2-6-17(16)15-28(20)35(30,31)18-9-10-21-22(14-18)33-12-11-32-21/h1-10,14,20H,11-13,15H2,(H,26,27,29)/t20-/m1/s1. The molecule has 2 aliphatic heterocycles. The van der Waals surface area contributed by atoms with E-state index >= 15 is 0 Å². The first kappa shape index (κ1) is 22.0. The van der Waals surface area contributed by atoms with Crippen LogP contribution in [0.15, 0.2) is 71.6 Å². The van der Waals surface area contributed by atoms with E-state index in [9.17, 15) is 13.2 Å². The van der Waals surface area contributed by atoms with E-state index < -0.39 is 22.0 Å². The summed E-state index contributed by atoms with van der Waals surface area (Å²) >= 11 is 1.35. The molecule has 0 saturated heterocycles. The van der Waals surface area contributed by atoms with Crippen molar-refractivity contribution >= 4 is 42.6 Å². The molecule has 1 N–H and O–H groups in total. The average molecular weight is 508 g/mol. The van der Waals surface area contributed by atoms with Crippen molar-refractivity contribution in [2.45, 2.75) is 23.9 Å². The molecule has 0 saturated carbocycles. The minimum atomic E-state index is -4.03. The third-order valence-corrected chi connectivity index (χ3v) is 8.95. The third-order valence-electron chi connectivity index (χ3n) is 6.15. The predicted octanol–water partition coefficient (Wildman–Crippen LogP) is 3.82. The van der Waals surface area contributed by atoms with Gasteiger partial charge in [-0.1, -0.05) is 47.7 Å². The first-order valence-corrected chi connectivity index (χ1v) is 13.4. The Morgan fingerprint density at radius 3 is 2.54 bits per heavy atom. The molecule has 4 aromatic rings. The molecule has 8 nitrogen and oxygen atoms in total. The summed E-state index contributed by atoms with van der Waals surface area (Å²) in [6, 6.07) is 18.8. The van der Waals surface area contributed by atoms with Crippen LogP contribution in [0.4, 0.5) is 5.13 Å². The van der Waals surface area contributed by atoms with Gasteiger partial charge in [-0.15, -0.1) is 0 Å². The summed E-state index contributed by atoms with van der Waals surface area (Å²) in [6.45, 7) is 0.849. The van der Waals surface area contributed by atoms with Crippen LogP contribution in [0.2, 0.25) is 0 Å². The van der Waals surface area contributed by atoms with E-state index in [4.69, 9.17) is 9.47 Å². The fourth-order valence-corrected chi connectivity index (χ4v) is 6.86. The zero-order chi connectivity index (χ0) is 24.0. The number of aromatic nitrogens is 1. The van der Waals surface area contributed by atoms with Gasteiger partial charge < -0.3 is 14.8 Å². The smallest absolute Gasteiger partial charge is 0.244 e. The number of thiazole rings is 1. The Labute approximate surface area is 206 Å². The van der Waals surface area contributed by atoms with Crippen LogP contribution >= 0.6 is 11.3 Å². The molecule has 0 fully saturated rings. The lowest BCUT2D eigenvalue weighted by Crippen LogP contribution is -2.50. The molecule has 178 valence electrons. The van der Waals surface area contributed by atoms with Crippen molar-refractivity contribution in [1.82, 2.24) is 9.29 Å². The molecule has 6 rings (SSSR count). The summed E-state index contributed by atoms with van der Waals surface area (Å²) in [7, 11) is -4.03. The number of nitrogens with one attached hydrogen (secondary N) is 1. The van der Waals surface area contributed by atoms with E-state index in [1.165, 1.54) is 27.8 Å². The van der Waals surface area contributed by atoms with Crippen molar-refractivity contribution in [2.75, 3.05) is 18.5 Å². The van der Waals surface area contributed by atoms with Crippen LogP contribution in [0.1, 0.15) is 11.1 Å². The predicted molar refractivity (Wildman–Crippen MR) is 132 cm³/mol. The Balaban J connectivity index is 1.36. The topological polar surface area (TPSA) is 97.8 Å². The average Bonchev–Trinajstić information content (AvgIpc) is 3.30. The fraction of sp³-hybridized carbons (Fsp3) is 0.200. The van der Waals surface area contributed by atoms with E-state index in [1.807, 2.05) is 48.5 Å². The van der Waals surface area contributed by atoms with Gasteiger partial charge in [-0.2, -0.15) is 4.31 Å². The van der Waals surface area contributed by atoms with Gasteiger partial charge in [-0.3, -0.25) is 4.79 Å². The Morgan fingerprint density at radius 1 is 0.971 bits per heavy atom. The Bertz CT molecular complexity index is 1520. The third kappa shape index (κ3) is 4.03. The summed E-state index contributed by atoms with van der Waals surface area (Å²) in [6.07, 6.45) is 0.261. The number of carbonyl (C=O) groups excluding carboxylic acids is 1. The van der Waals surface area contributed by atoms with Gasteiger partial charge in [0.1, 0.15) is 19.3 Å². The van der Waals surface area contributed by atoms with E-state index in [0.717, 1.165) is 21.3 Å². The number of rotatable bonds is 4. The molecule has 0 unspecified atom stereocenters. The Morgan fingerprint density at radius 2 is 1.71 bits per heavy atom. The van der Waals surface area contributed by atoms with Gasteiger partial charge in [0.05, 0.1) is 15.1 Å². The van der Waals surface area contributed by atoms with Crippen LogP contribution < -0.4 is 14.8 Å². The van der Waals surface area contributed by atoms with Crippen molar-refractivity contribution in [3.63, 3.8) is 0 Å². The second-order valence-corrected chi connectivity index (χ2v) is 11.2. The van der Waals surface area contributed by atoms with Crippen molar-refractivity contribution in [3.05, 3.63) is 77.9 Å². The van der Waals surface area contributed by atoms with Gasteiger partial charge in [-0.05, 0) is 41.8 Å². The SMILES string of the molecule is O=C(Nc1nc2ccccc2s1)[C@H]1Cc2ccccc2CN1S(=O)(=O)c1ccc2c(c1)OCCO2. The summed E-state index contributed by atoms with van der Waals surface area (Å²) in [5.41, 5.74) is 2.60. The summed E-state index contributed by atoms with van der Waals surface area (Å²) in [4.78, 5) is 18.0. The number of anilines is 1. The normalized spacial score (nSPS) is 17.7.